The fraction of sp³-hybridized carbons (Fsp3) is 0.462. The minimum absolute atomic E-state index is 0.0120. The third-order valence-corrected chi connectivity index (χ3v) is 3.96. The van der Waals surface area contributed by atoms with Crippen LogP contribution >= 0.6 is 23.2 Å². The number of carboxylic acid groups (broad SMARTS) is 1. The van der Waals surface area contributed by atoms with Gasteiger partial charge < -0.3 is 10.4 Å². The van der Waals surface area contributed by atoms with Gasteiger partial charge in [-0.15, -0.1) is 0 Å². The summed E-state index contributed by atoms with van der Waals surface area (Å²) in [6.07, 6.45) is 2.13. The number of carboxylic acids is 1. The molecule has 0 spiro atoms. The molecule has 21 heavy (non-hydrogen) atoms. The number of likely N-dealkylation sites (tertiary alicyclic amines) is 1. The van der Waals surface area contributed by atoms with E-state index in [9.17, 15) is 14.7 Å². The number of halogens is 2. The van der Waals surface area contributed by atoms with Crippen molar-refractivity contribution >= 4 is 40.9 Å². The van der Waals surface area contributed by atoms with Crippen molar-refractivity contribution in [1.29, 1.82) is 0 Å². The monoisotopic (exact) mass is 331 g/mol. The quantitative estimate of drug-likeness (QED) is 0.883. The molecule has 0 bridgehead atoms. The second-order valence-electron chi connectivity index (χ2n) is 5.05. The number of aromatic nitrogens is 1. The molecule has 2 atom stereocenters. The van der Waals surface area contributed by atoms with Crippen molar-refractivity contribution < 1.29 is 14.7 Å². The summed E-state index contributed by atoms with van der Waals surface area (Å²) in [6, 6.07) is 0.841. The molecule has 8 heteroatoms. The van der Waals surface area contributed by atoms with E-state index < -0.39 is 12.0 Å². The zero-order valence-corrected chi connectivity index (χ0v) is 12.9. The fourth-order valence-electron chi connectivity index (χ4n) is 2.47. The van der Waals surface area contributed by atoms with Gasteiger partial charge in [0.15, 0.2) is 5.82 Å². The zero-order valence-electron chi connectivity index (χ0n) is 11.3. The first-order valence-corrected chi connectivity index (χ1v) is 7.22. The van der Waals surface area contributed by atoms with Crippen molar-refractivity contribution in [2.45, 2.75) is 19.4 Å². The first kappa shape index (κ1) is 16.0. The van der Waals surface area contributed by atoms with Gasteiger partial charge in [-0.25, -0.2) is 4.98 Å². The Morgan fingerprint density at radius 2 is 2.24 bits per heavy atom. The topological polar surface area (TPSA) is 82.5 Å². The summed E-state index contributed by atoms with van der Waals surface area (Å²) in [5, 5.41) is 12.4. The molecule has 2 heterocycles. The highest BCUT2D eigenvalue weighted by Crippen LogP contribution is 2.25. The Hall–Kier alpha value is -1.37. The molecule has 1 saturated heterocycles. The molecule has 1 fully saturated rings. The predicted octanol–water partition coefficient (Wildman–Crippen LogP) is 2.12. The van der Waals surface area contributed by atoms with Crippen LogP contribution in [0.25, 0.3) is 0 Å². The van der Waals surface area contributed by atoms with Gasteiger partial charge in [-0.2, -0.15) is 0 Å². The van der Waals surface area contributed by atoms with E-state index >= 15 is 0 Å². The molecule has 1 aliphatic heterocycles. The van der Waals surface area contributed by atoms with Crippen LogP contribution in [0.4, 0.5) is 5.82 Å². The van der Waals surface area contributed by atoms with Gasteiger partial charge in [0.25, 0.3) is 0 Å². The number of pyridine rings is 1. The maximum Gasteiger partial charge on any atom is 0.321 e. The van der Waals surface area contributed by atoms with E-state index in [4.69, 9.17) is 23.2 Å². The Bertz CT molecular complexity index is 568. The van der Waals surface area contributed by atoms with Crippen LogP contribution in [0, 0.1) is 5.92 Å². The standard InChI is InChI=1S/C13H15Cl2N3O3/c1-7-2-3-18(11(7)13(20)21)6-10(19)17-12-9(15)4-8(14)5-16-12/h4-5,7,11H,2-3,6H2,1H3,(H,20,21)(H,16,17,19). The van der Waals surface area contributed by atoms with E-state index in [1.807, 2.05) is 6.92 Å². The number of carbonyl (C=O) groups excluding carboxylic acids is 1. The van der Waals surface area contributed by atoms with Crippen LogP contribution in [-0.4, -0.2) is 46.0 Å². The van der Waals surface area contributed by atoms with Gasteiger partial charge in [-0.1, -0.05) is 30.1 Å². The minimum Gasteiger partial charge on any atom is -0.480 e. The van der Waals surface area contributed by atoms with Gasteiger partial charge in [0, 0.05) is 6.20 Å². The number of rotatable bonds is 4. The molecule has 0 aromatic carbocycles. The highest BCUT2D eigenvalue weighted by Gasteiger charge is 2.37. The average molecular weight is 332 g/mol. The van der Waals surface area contributed by atoms with Crippen LogP contribution in [0.2, 0.25) is 10.0 Å². The summed E-state index contributed by atoms with van der Waals surface area (Å²) in [5.74, 6) is -1.03. The Balaban J connectivity index is 2.00. The number of nitrogens with zero attached hydrogens (tertiary/aromatic N) is 2. The Kier molecular flexibility index (Phi) is 5.03. The molecule has 6 nitrogen and oxygen atoms in total. The van der Waals surface area contributed by atoms with Crippen molar-refractivity contribution in [1.82, 2.24) is 9.88 Å². The number of amides is 1. The Morgan fingerprint density at radius 1 is 1.52 bits per heavy atom. The molecule has 1 aromatic rings. The van der Waals surface area contributed by atoms with E-state index in [-0.39, 0.29) is 29.2 Å². The van der Waals surface area contributed by atoms with Crippen LogP contribution in [0.15, 0.2) is 12.3 Å². The third kappa shape index (κ3) is 3.84. The number of hydrogen-bond acceptors (Lipinski definition) is 4. The summed E-state index contributed by atoms with van der Waals surface area (Å²) >= 11 is 11.7. The second-order valence-corrected chi connectivity index (χ2v) is 5.90. The van der Waals surface area contributed by atoms with E-state index in [1.165, 1.54) is 12.3 Å². The smallest absolute Gasteiger partial charge is 0.321 e. The van der Waals surface area contributed by atoms with E-state index in [1.54, 1.807) is 4.90 Å². The fourth-order valence-corrected chi connectivity index (χ4v) is 2.89. The summed E-state index contributed by atoms with van der Waals surface area (Å²) in [7, 11) is 0. The highest BCUT2D eigenvalue weighted by atomic mass is 35.5. The molecule has 0 radical (unpaired) electrons. The first-order chi connectivity index (χ1) is 9.88. The van der Waals surface area contributed by atoms with Crippen LogP contribution in [0.3, 0.4) is 0 Å². The summed E-state index contributed by atoms with van der Waals surface area (Å²) in [6.45, 7) is 2.43. The summed E-state index contributed by atoms with van der Waals surface area (Å²) in [4.78, 5) is 28.8. The maximum absolute atomic E-state index is 12.0. The van der Waals surface area contributed by atoms with Gasteiger partial charge in [-0.05, 0) is 24.9 Å². The van der Waals surface area contributed by atoms with E-state index in [0.717, 1.165) is 6.42 Å². The minimum atomic E-state index is -0.907. The number of anilines is 1. The molecular formula is C13H15Cl2N3O3. The molecular weight excluding hydrogens is 317 g/mol. The molecule has 114 valence electrons. The third-order valence-electron chi connectivity index (χ3n) is 3.47. The van der Waals surface area contributed by atoms with Crippen molar-refractivity contribution in [3.8, 4) is 0 Å². The van der Waals surface area contributed by atoms with E-state index in [2.05, 4.69) is 10.3 Å². The largest absolute Gasteiger partial charge is 0.480 e. The van der Waals surface area contributed by atoms with Crippen LogP contribution in [0.5, 0.6) is 0 Å². The van der Waals surface area contributed by atoms with Crippen LogP contribution in [0.1, 0.15) is 13.3 Å². The zero-order chi connectivity index (χ0) is 15.6. The molecule has 1 amide bonds. The second kappa shape index (κ2) is 6.60. The lowest BCUT2D eigenvalue weighted by Gasteiger charge is -2.22. The van der Waals surface area contributed by atoms with Crippen molar-refractivity contribution in [2.75, 3.05) is 18.4 Å². The molecule has 0 saturated carbocycles. The molecule has 2 unspecified atom stereocenters. The lowest BCUT2D eigenvalue weighted by atomic mass is 10.0. The summed E-state index contributed by atoms with van der Waals surface area (Å²) in [5.41, 5.74) is 0. The van der Waals surface area contributed by atoms with Crippen LogP contribution in [-0.2, 0) is 9.59 Å². The highest BCUT2D eigenvalue weighted by molar-refractivity contribution is 6.36. The lowest BCUT2D eigenvalue weighted by Crippen LogP contribution is -2.43. The van der Waals surface area contributed by atoms with Crippen molar-refractivity contribution in [3.63, 3.8) is 0 Å². The average Bonchev–Trinajstić information content (AvgIpc) is 2.74. The molecule has 0 aliphatic carbocycles. The first-order valence-electron chi connectivity index (χ1n) is 6.46. The molecule has 2 N–H and O–H groups in total. The normalized spacial score (nSPS) is 22.2. The van der Waals surface area contributed by atoms with Gasteiger partial charge >= 0.3 is 5.97 Å². The SMILES string of the molecule is CC1CCN(CC(=O)Nc2ncc(Cl)cc2Cl)C1C(=O)O. The van der Waals surface area contributed by atoms with Gasteiger partial charge in [0.1, 0.15) is 6.04 Å². The van der Waals surface area contributed by atoms with Gasteiger partial charge in [0.05, 0.1) is 16.6 Å². The van der Waals surface area contributed by atoms with Crippen molar-refractivity contribution in [2.24, 2.45) is 5.92 Å². The predicted molar refractivity (Wildman–Crippen MR) is 79.7 cm³/mol. The summed E-state index contributed by atoms with van der Waals surface area (Å²) < 4.78 is 0. The van der Waals surface area contributed by atoms with Crippen molar-refractivity contribution in [3.05, 3.63) is 22.3 Å². The Morgan fingerprint density at radius 3 is 2.86 bits per heavy atom. The number of carbonyl (C=O) groups is 2. The Labute approximate surface area is 132 Å². The van der Waals surface area contributed by atoms with Gasteiger partial charge in [-0.3, -0.25) is 14.5 Å². The number of hydrogen-bond donors (Lipinski definition) is 2. The molecule has 1 aromatic heterocycles. The maximum atomic E-state index is 12.0. The number of aliphatic carboxylic acids is 1. The van der Waals surface area contributed by atoms with E-state index in [0.29, 0.717) is 11.6 Å². The number of nitrogens with one attached hydrogen (secondary N) is 1. The molecule has 1 aliphatic rings. The molecule has 2 rings (SSSR count). The van der Waals surface area contributed by atoms with Crippen LogP contribution < -0.4 is 5.32 Å². The lowest BCUT2D eigenvalue weighted by molar-refractivity contribution is -0.143. The van der Waals surface area contributed by atoms with Gasteiger partial charge in [0.2, 0.25) is 5.91 Å².